The molecule has 0 aromatic carbocycles. The molecule has 1 N–H and O–H groups in total. The normalized spacial score (nSPS) is 13.2. The van der Waals surface area contributed by atoms with Crippen molar-refractivity contribution in [3.63, 3.8) is 0 Å². The van der Waals surface area contributed by atoms with E-state index in [0.717, 1.165) is 24.8 Å². The SMILES string of the molecule is C=C(C)C(O)CCCC. The second-order valence-electron chi connectivity index (χ2n) is 2.50. The summed E-state index contributed by atoms with van der Waals surface area (Å²) in [6, 6.07) is 0. The molecule has 0 aliphatic carbocycles. The van der Waals surface area contributed by atoms with Gasteiger partial charge >= 0.3 is 0 Å². The molecule has 0 aromatic rings. The van der Waals surface area contributed by atoms with Crippen LogP contribution in [0.25, 0.3) is 0 Å². The summed E-state index contributed by atoms with van der Waals surface area (Å²) >= 11 is 0. The molecule has 0 aliphatic heterocycles. The van der Waals surface area contributed by atoms with Crippen LogP contribution >= 0.6 is 0 Å². The number of hydrogen-bond donors (Lipinski definition) is 1. The highest BCUT2D eigenvalue weighted by atomic mass is 16.3. The summed E-state index contributed by atoms with van der Waals surface area (Å²) < 4.78 is 0. The Balaban J connectivity index is 3.27. The van der Waals surface area contributed by atoms with Gasteiger partial charge in [-0.3, -0.25) is 0 Å². The van der Waals surface area contributed by atoms with Gasteiger partial charge in [0, 0.05) is 0 Å². The second-order valence-corrected chi connectivity index (χ2v) is 2.50. The molecule has 0 fully saturated rings. The van der Waals surface area contributed by atoms with Crippen molar-refractivity contribution in [3.8, 4) is 0 Å². The highest BCUT2D eigenvalue weighted by Gasteiger charge is 2.01. The van der Waals surface area contributed by atoms with Gasteiger partial charge in [0.15, 0.2) is 0 Å². The van der Waals surface area contributed by atoms with Gasteiger partial charge in [-0.15, -0.1) is 0 Å². The van der Waals surface area contributed by atoms with Gasteiger partial charge in [-0.25, -0.2) is 0 Å². The molecular formula is C8H16O. The van der Waals surface area contributed by atoms with Crippen LogP contribution in [0, 0.1) is 0 Å². The minimum Gasteiger partial charge on any atom is -0.389 e. The van der Waals surface area contributed by atoms with Gasteiger partial charge in [0.1, 0.15) is 0 Å². The lowest BCUT2D eigenvalue weighted by Gasteiger charge is -2.07. The lowest BCUT2D eigenvalue weighted by Crippen LogP contribution is -2.05. The van der Waals surface area contributed by atoms with E-state index in [4.69, 9.17) is 5.11 Å². The fourth-order valence-electron chi connectivity index (χ4n) is 0.644. The number of hydrogen-bond acceptors (Lipinski definition) is 1. The average molecular weight is 128 g/mol. The van der Waals surface area contributed by atoms with Crippen molar-refractivity contribution >= 4 is 0 Å². The van der Waals surface area contributed by atoms with Crippen LogP contribution in [0.4, 0.5) is 0 Å². The Morgan fingerprint density at radius 1 is 1.67 bits per heavy atom. The Labute approximate surface area is 57.4 Å². The first-order valence-electron chi connectivity index (χ1n) is 3.52. The maximum Gasteiger partial charge on any atom is 0.0744 e. The largest absolute Gasteiger partial charge is 0.389 e. The van der Waals surface area contributed by atoms with Gasteiger partial charge in [0.05, 0.1) is 6.10 Å². The summed E-state index contributed by atoms with van der Waals surface area (Å²) in [5.74, 6) is 0. The van der Waals surface area contributed by atoms with Crippen LogP contribution in [-0.4, -0.2) is 11.2 Å². The molecule has 0 saturated carbocycles. The van der Waals surface area contributed by atoms with Gasteiger partial charge < -0.3 is 5.11 Å². The van der Waals surface area contributed by atoms with E-state index >= 15 is 0 Å². The Hall–Kier alpha value is -0.300. The zero-order chi connectivity index (χ0) is 7.28. The molecule has 1 atom stereocenters. The first kappa shape index (κ1) is 8.70. The van der Waals surface area contributed by atoms with E-state index in [-0.39, 0.29) is 6.10 Å². The van der Waals surface area contributed by atoms with Crippen molar-refractivity contribution in [3.05, 3.63) is 12.2 Å². The lowest BCUT2D eigenvalue weighted by atomic mass is 10.1. The average Bonchev–Trinajstić information content (AvgIpc) is 1.82. The quantitative estimate of drug-likeness (QED) is 0.575. The van der Waals surface area contributed by atoms with Gasteiger partial charge in [-0.05, 0) is 13.3 Å². The fourth-order valence-corrected chi connectivity index (χ4v) is 0.644. The van der Waals surface area contributed by atoms with E-state index in [1.165, 1.54) is 0 Å². The predicted molar refractivity (Wildman–Crippen MR) is 40.3 cm³/mol. The zero-order valence-electron chi connectivity index (χ0n) is 6.35. The monoisotopic (exact) mass is 128 g/mol. The van der Waals surface area contributed by atoms with E-state index in [2.05, 4.69) is 13.5 Å². The summed E-state index contributed by atoms with van der Waals surface area (Å²) in [5.41, 5.74) is 0.878. The van der Waals surface area contributed by atoms with Crippen LogP contribution in [0.3, 0.4) is 0 Å². The number of aliphatic hydroxyl groups is 1. The third kappa shape index (κ3) is 4.22. The molecule has 1 heteroatoms. The molecule has 0 aliphatic rings. The summed E-state index contributed by atoms with van der Waals surface area (Å²) in [5, 5.41) is 9.16. The van der Waals surface area contributed by atoms with E-state index < -0.39 is 0 Å². The van der Waals surface area contributed by atoms with Crippen LogP contribution in [0.15, 0.2) is 12.2 Å². The molecule has 0 radical (unpaired) electrons. The summed E-state index contributed by atoms with van der Waals surface area (Å²) in [6.45, 7) is 7.64. The molecule has 1 unspecified atom stereocenters. The molecule has 1 nitrogen and oxygen atoms in total. The van der Waals surface area contributed by atoms with Gasteiger partial charge in [0.25, 0.3) is 0 Å². The van der Waals surface area contributed by atoms with E-state index in [0.29, 0.717) is 0 Å². The van der Waals surface area contributed by atoms with Crippen molar-refractivity contribution in [1.82, 2.24) is 0 Å². The standard InChI is InChI=1S/C8H16O/c1-4-5-6-8(9)7(2)3/h8-9H,2,4-6H2,1,3H3. The Morgan fingerprint density at radius 2 is 2.22 bits per heavy atom. The smallest absolute Gasteiger partial charge is 0.0744 e. The van der Waals surface area contributed by atoms with Crippen LogP contribution < -0.4 is 0 Å². The van der Waals surface area contributed by atoms with E-state index in [1.54, 1.807) is 0 Å². The van der Waals surface area contributed by atoms with Crippen molar-refractivity contribution in [2.45, 2.75) is 39.2 Å². The van der Waals surface area contributed by atoms with Gasteiger partial charge in [-0.2, -0.15) is 0 Å². The maximum absolute atomic E-state index is 9.16. The van der Waals surface area contributed by atoms with Gasteiger partial charge in [0.2, 0.25) is 0 Å². The maximum atomic E-state index is 9.16. The molecule has 0 bridgehead atoms. The topological polar surface area (TPSA) is 20.2 Å². The van der Waals surface area contributed by atoms with Crippen LogP contribution in [0.2, 0.25) is 0 Å². The van der Waals surface area contributed by atoms with Crippen LogP contribution in [-0.2, 0) is 0 Å². The first-order chi connectivity index (χ1) is 4.18. The minimum atomic E-state index is -0.273. The van der Waals surface area contributed by atoms with Crippen molar-refractivity contribution in [2.24, 2.45) is 0 Å². The summed E-state index contributed by atoms with van der Waals surface area (Å²) in [4.78, 5) is 0. The van der Waals surface area contributed by atoms with Gasteiger partial charge in [-0.1, -0.05) is 31.9 Å². The highest BCUT2D eigenvalue weighted by Crippen LogP contribution is 2.06. The zero-order valence-corrected chi connectivity index (χ0v) is 6.35. The molecule has 0 aromatic heterocycles. The third-order valence-electron chi connectivity index (χ3n) is 1.40. The van der Waals surface area contributed by atoms with Crippen molar-refractivity contribution in [2.75, 3.05) is 0 Å². The molecule has 9 heavy (non-hydrogen) atoms. The molecule has 0 spiro atoms. The molecule has 54 valence electrons. The lowest BCUT2D eigenvalue weighted by molar-refractivity contribution is 0.197. The van der Waals surface area contributed by atoms with Crippen molar-refractivity contribution < 1.29 is 5.11 Å². The highest BCUT2D eigenvalue weighted by molar-refractivity contribution is 4.95. The van der Waals surface area contributed by atoms with Crippen molar-refractivity contribution in [1.29, 1.82) is 0 Å². The number of aliphatic hydroxyl groups excluding tert-OH is 1. The molecule has 0 saturated heterocycles. The third-order valence-corrected chi connectivity index (χ3v) is 1.40. The van der Waals surface area contributed by atoms with Crippen LogP contribution in [0.1, 0.15) is 33.1 Å². The first-order valence-corrected chi connectivity index (χ1v) is 3.52. The Bertz CT molecular complexity index is 86.6. The Kier molecular flexibility index (Phi) is 4.41. The molecule has 0 heterocycles. The number of rotatable bonds is 4. The fraction of sp³-hybridized carbons (Fsp3) is 0.750. The van der Waals surface area contributed by atoms with Crippen LogP contribution in [0.5, 0.6) is 0 Å². The van der Waals surface area contributed by atoms with E-state index in [9.17, 15) is 0 Å². The molecular weight excluding hydrogens is 112 g/mol. The molecule has 0 amide bonds. The number of unbranched alkanes of at least 4 members (excludes halogenated alkanes) is 1. The molecule has 0 rings (SSSR count). The van der Waals surface area contributed by atoms with E-state index in [1.807, 2.05) is 6.92 Å². The Morgan fingerprint density at radius 3 is 2.56 bits per heavy atom. The summed E-state index contributed by atoms with van der Waals surface area (Å²) in [7, 11) is 0. The predicted octanol–water partition coefficient (Wildman–Crippen LogP) is 2.11. The minimum absolute atomic E-state index is 0.273. The second kappa shape index (κ2) is 4.57. The summed E-state index contributed by atoms with van der Waals surface area (Å²) in [6.07, 6.45) is 2.83.